The minimum Gasteiger partial charge on any atom is -0.396 e. The van der Waals surface area contributed by atoms with Crippen molar-refractivity contribution in [3.63, 3.8) is 0 Å². The molecule has 6 heteroatoms. The highest BCUT2D eigenvalue weighted by atomic mass is 32.2. The molecule has 2 aromatic rings. The fourth-order valence-electron chi connectivity index (χ4n) is 1.60. The van der Waals surface area contributed by atoms with Crippen LogP contribution in [0.2, 0.25) is 0 Å². The number of thioether (sulfide) groups is 1. The number of aryl methyl sites for hydroxylation is 2. The minimum absolute atomic E-state index is 0.115. The summed E-state index contributed by atoms with van der Waals surface area (Å²) >= 11 is 1.44. The maximum atomic E-state index is 8.82. The predicted octanol–water partition coefficient (Wildman–Crippen LogP) is 1.36. The van der Waals surface area contributed by atoms with E-state index >= 15 is 0 Å². The van der Waals surface area contributed by atoms with Crippen molar-refractivity contribution >= 4 is 11.8 Å². The van der Waals surface area contributed by atoms with Gasteiger partial charge < -0.3 is 5.11 Å². The molecule has 0 radical (unpaired) electrons. The van der Waals surface area contributed by atoms with Crippen molar-refractivity contribution in [1.29, 1.82) is 0 Å². The Morgan fingerprint density at radius 1 is 1.35 bits per heavy atom. The second-order valence-electron chi connectivity index (χ2n) is 3.74. The molecule has 2 rings (SSSR count). The van der Waals surface area contributed by atoms with Crippen LogP contribution in [-0.2, 0) is 0 Å². The van der Waals surface area contributed by atoms with Gasteiger partial charge >= 0.3 is 0 Å². The fraction of sp³-hybridized carbons (Fsp3) is 0.364. The lowest BCUT2D eigenvalue weighted by Crippen LogP contribution is -2.02. The van der Waals surface area contributed by atoms with E-state index < -0.39 is 0 Å². The highest BCUT2D eigenvalue weighted by Crippen LogP contribution is 2.20. The van der Waals surface area contributed by atoms with Crippen molar-refractivity contribution in [1.82, 2.24) is 20.2 Å². The maximum absolute atomic E-state index is 8.82. The van der Waals surface area contributed by atoms with Gasteiger partial charge in [0, 0.05) is 5.75 Å². The summed E-state index contributed by atoms with van der Waals surface area (Å²) in [7, 11) is 0. The summed E-state index contributed by atoms with van der Waals surface area (Å²) in [4.78, 5) is 0. The summed E-state index contributed by atoms with van der Waals surface area (Å²) in [5, 5.41) is 21.1. The molecule has 0 aliphatic rings. The SMILES string of the molecule is Cc1ccc(-n2nnnc2SCCO)c(C)c1. The molecule has 0 aliphatic heterocycles. The molecular weight excluding hydrogens is 236 g/mol. The first kappa shape index (κ1) is 12.1. The Morgan fingerprint density at radius 3 is 2.88 bits per heavy atom. The van der Waals surface area contributed by atoms with Crippen molar-refractivity contribution < 1.29 is 5.11 Å². The molecule has 0 saturated heterocycles. The summed E-state index contributed by atoms with van der Waals surface area (Å²) in [6.07, 6.45) is 0. The lowest BCUT2D eigenvalue weighted by Gasteiger charge is -2.07. The number of hydrogen-bond donors (Lipinski definition) is 1. The van der Waals surface area contributed by atoms with Crippen LogP contribution in [0.1, 0.15) is 11.1 Å². The fourth-order valence-corrected chi connectivity index (χ4v) is 2.23. The van der Waals surface area contributed by atoms with Crippen LogP contribution in [0.4, 0.5) is 0 Å². The lowest BCUT2D eigenvalue weighted by molar-refractivity contribution is 0.322. The Hall–Kier alpha value is -1.40. The summed E-state index contributed by atoms with van der Waals surface area (Å²) in [5.41, 5.74) is 3.31. The zero-order valence-electron chi connectivity index (χ0n) is 9.79. The molecule has 1 aromatic heterocycles. The van der Waals surface area contributed by atoms with Crippen molar-refractivity contribution in [2.45, 2.75) is 19.0 Å². The van der Waals surface area contributed by atoms with E-state index in [1.165, 1.54) is 17.3 Å². The van der Waals surface area contributed by atoms with Crippen LogP contribution < -0.4 is 0 Å². The van der Waals surface area contributed by atoms with Gasteiger partial charge in [-0.1, -0.05) is 29.5 Å². The Morgan fingerprint density at radius 2 is 2.18 bits per heavy atom. The van der Waals surface area contributed by atoms with Crippen LogP contribution in [0, 0.1) is 13.8 Å². The first-order valence-electron chi connectivity index (χ1n) is 5.32. The number of aliphatic hydroxyl groups is 1. The second kappa shape index (κ2) is 5.29. The lowest BCUT2D eigenvalue weighted by atomic mass is 10.1. The molecule has 0 amide bonds. The molecule has 0 atom stereocenters. The van der Waals surface area contributed by atoms with E-state index in [0.717, 1.165) is 11.3 Å². The van der Waals surface area contributed by atoms with Crippen LogP contribution >= 0.6 is 11.8 Å². The van der Waals surface area contributed by atoms with E-state index in [4.69, 9.17) is 5.11 Å². The normalized spacial score (nSPS) is 10.8. The van der Waals surface area contributed by atoms with Gasteiger partial charge in [-0.25, -0.2) is 0 Å². The summed E-state index contributed by atoms with van der Waals surface area (Å²) in [6.45, 7) is 4.20. The molecule has 0 aliphatic carbocycles. The van der Waals surface area contributed by atoms with Crippen LogP contribution in [0.5, 0.6) is 0 Å². The van der Waals surface area contributed by atoms with Gasteiger partial charge in [-0.3, -0.25) is 0 Å². The number of aliphatic hydroxyl groups excluding tert-OH is 1. The van der Waals surface area contributed by atoms with E-state index in [-0.39, 0.29) is 6.61 Å². The molecule has 17 heavy (non-hydrogen) atoms. The first-order chi connectivity index (χ1) is 8.22. The molecule has 1 N–H and O–H groups in total. The van der Waals surface area contributed by atoms with E-state index in [2.05, 4.69) is 28.5 Å². The Balaban J connectivity index is 2.35. The molecule has 0 unspecified atom stereocenters. The highest BCUT2D eigenvalue weighted by molar-refractivity contribution is 7.99. The Bertz CT molecular complexity index is 512. The van der Waals surface area contributed by atoms with Crippen molar-refractivity contribution in [2.75, 3.05) is 12.4 Å². The summed E-state index contributed by atoms with van der Waals surface area (Å²) in [5.74, 6) is 0.589. The minimum atomic E-state index is 0.115. The number of hydrogen-bond acceptors (Lipinski definition) is 5. The van der Waals surface area contributed by atoms with Crippen LogP contribution in [-0.4, -0.2) is 37.7 Å². The van der Waals surface area contributed by atoms with E-state index in [0.29, 0.717) is 10.9 Å². The van der Waals surface area contributed by atoms with Gasteiger partial charge in [0.15, 0.2) is 0 Å². The molecule has 0 spiro atoms. The van der Waals surface area contributed by atoms with Gasteiger partial charge in [0.1, 0.15) is 0 Å². The van der Waals surface area contributed by atoms with Crippen molar-refractivity contribution in [3.8, 4) is 5.69 Å². The van der Waals surface area contributed by atoms with E-state index in [1.807, 2.05) is 19.1 Å². The largest absolute Gasteiger partial charge is 0.396 e. The number of nitrogens with zero attached hydrogens (tertiary/aromatic N) is 4. The van der Waals surface area contributed by atoms with Gasteiger partial charge in [0.05, 0.1) is 12.3 Å². The molecule has 90 valence electrons. The molecule has 5 nitrogen and oxygen atoms in total. The molecule has 0 bridgehead atoms. The maximum Gasteiger partial charge on any atom is 0.214 e. The molecule has 0 fully saturated rings. The first-order valence-corrected chi connectivity index (χ1v) is 6.30. The highest BCUT2D eigenvalue weighted by Gasteiger charge is 2.10. The third kappa shape index (κ3) is 2.65. The van der Waals surface area contributed by atoms with Crippen LogP contribution in [0.15, 0.2) is 23.4 Å². The second-order valence-corrected chi connectivity index (χ2v) is 4.80. The number of rotatable bonds is 4. The Kier molecular flexibility index (Phi) is 3.75. The predicted molar refractivity (Wildman–Crippen MR) is 66.4 cm³/mol. The van der Waals surface area contributed by atoms with E-state index in [1.54, 1.807) is 4.68 Å². The quantitative estimate of drug-likeness (QED) is 0.830. The topological polar surface area (TPSA) is 63.8 Å². The zero-order valence-corrected chi connectivity index (χ0v) is 10.6. The number of benzene rings is 1. The van der Waals surface area contributed by atoms with Gasteiger partial charge in [-0.2, -0.15) is 4.68 Å². The average Bonchev–Trinajstić information content (AvgIpc) is 2.74. The number of aromatic nitrogens is 4. The average molecular weight is 250 g/mol. The zero-order chi connectivity index (χ0) is 12.3. The smallest absolute Gasteiger partial charge is 0.214 e. The van der Waals surface area contributed by atoms with Crippen molar-refractivity contribution in [2.24, 2.45) is 0 Å². The monoisotopic (exact) mass is 250 g/mol. The van der Waals surface area contributed by atoms with Gasteiger partial charge in [-0.05, 0) is 35.9 Å². The van der Waals surface area contributed by atoms with Crippen molar-refractivity contribution in [3.05, 3.63) is 29.3 Å². The molecule has 0 saturated carbocycles. The third-order valence-corrected chi connectivity index (χ3v) is 3.24. The summed E-state index contributed by atoms with van der Waals surface area (Å²) in [6, 6.07) is 6.13. The standard InChI is InChI=1S/C11H14N4OS/c1-8-3-4-10(9(2)7-8)15-11(12-13-14-15)17-6-5-16/h3-4,7,16H,5-6H2,1-2H3. The van der Waals surface area contributed by atoms with Crippen LogP contribution in [0.3, 0.4) is 0 Å². The molecule has 1 heterocycles. The third-order valence-electron chi connectivity index (χ3n) is 2.34. The Labute approximate surface area is 104 Å². The van der Waals surface area contributed by atoms with Crippen LogP contribution in [0.25, 0.3) is 5.69 Å². The van der Waals surface area contributed by atoms with Gasteiger partial charge in [0.25, 0.3) is 0 Å². The van der Waals surface area contributed by atoms with E-state index in [9.17, 15) is 0 Å². The van der Waals surface area contributed by atoms with Gasteiger partial charge in [0.2, 0.25) is 5.16 Å². The number of tetrazole rings is 1. The summed E-state index contributed by atoms with van der Waals surface area (Å²) < 4.78 is 1.70. The molecule has 1 aromatic carbocycles. The van der Waals surface area contributed by atoms with Gasteiger partial charge in [-0.15, -0.1) is 5.10 Å². The molecular formula is C11H14N4OS.